The Bertz CT molecular complexity index is 142. The Labute approximate surface area is 82.9 Å². The first-order chi connectivity index (χ1) is 6.16. The summed E-state index contributed by atoms with van der Waals surface area (Å²) in [6, 6.07) is 0. The molecule has 78 valence electrons. The molecule has 0 radical (unpaired) electrons. The maximum atomic E-state index is 12.9. The quantitative estimate of drug-likeness (QED) is 0.623. The molecule has 1 unspecified atom stereocenters. The van der Waals surface area contributed by atoms with E-state index in [9.17, 15) is 9.18 Å². The Hall–Kier alpha value is -0.250. The molecule has 13 heavy (non-hydrogen) atoms. The second kappa shape index (κ2) is 8.35. The first kappa shape index (κ1) is 12.8. The van der Waals surface area contributed by atoms with Crippen molar-refractivity contribution in [3.05, 3.63) is 0 Å². The molecule has 2 nitrogen and oxygen atoms in total. The highest BCUT2D eigenvalue weighted by Crippen LogP contribution is 2.11. The first-order valence-electron chi connectivity index (χ1n) is 4.60. The van der Waals surface area contributed by atoms with E-state index in [2.05, 4.69) is 0 Å². The maximum Gasteiger partial charge on any atom is 0.313 e. The minimum atomic E-state index is -0.796. The molecule has 0 heterocycles. The van der Waals surface area contributed by atoms with Crippen LogP contribution in [0.4, 0.5) is 4.39 Å². The maximum absolute atomic E-state index is 12.9. The fourth-order valence-corrected chi connectivity index (χ4v) is 1.71. The van der Waals surface area contributed by atoms with Gasteiger partial charge in [-0.1, -0.05) is 13.3 Å². The molecule has 0 amide bonds. The summed E-state index contributed by atoms with van der Waals surface area (Å²) >= 11 is 1.36. The van der Waals surface area contributed by atoms with E-state index in [1.54, 1.807) is 0 Å². The molecule has 0 aromatic carbocycles. The normalized spacial score (nSPS) is 12.8. The van der Waals surface area contributed by atoms with Gasteiger partial charge in [-0.3, -0.25) is 4.79 Å². The summed E-state index contributed by atoms with van der Waals surface area (Å²) < 4.78 is 12.9. The third-order valence-electron chi connectivity index (χ3n) is 1.63. The van der Waals surface area contributed by atoms with Gasteiger partial charge in [0, 0.05) is 0 Å². The van der Waals surface area contributed by atoms with E-state index in [1.807, 2.05) is 6.92 Å². The van der Waals surface area contributed by atoms with Crippen molar-refractivity contribution in [1.29, 1.82) is 0 Å². The van der Waals surface area contributed by atoms with Crippen LogP contribution in [-0.4, -0.2) is 28.8 Å². The zero-order valence-electron chi connectivity index (χ0n) is 7.96. The van der Waals surface area contributed by atoms with Gasteiger partial charge < -0.3 is 5.11 Å². The predicted molar refractivity (Wildman–Crippen MR) is 54.0 cm³/mol. The van der Waals surface area contributed by atoms with Gasteiger partial charge in [-0.25, -0.2) is 4.39 Å². The molecule has 0 bridgehead atoms. The van der Waals surface area contributed by atoms with Crippen LogP contribution in [0.5, 0.6) is 0 Å². The summed E-state index contributed by atoms with van der Waals surface area (Å²) in [5, 5.41) is 8.31. The average molecular weight is 208 g/mol. The third-order valence-corrected chi connectivity index (χ3v) is 2.66. The lowest BCUT2D eigenvalue weighted by Gasteiger charge is -2.04. The van der Waals surface area contributed by atoms with Crippen molar-refractivity contribution >= 4 is 17.7 Å². The number of hydrogen-bond acceptors (Lipinski definition) is 2. The number of hydrogen-bond donors (Lipinski definition) is 1. The highest BCUT2D eigenvalue weighted by Gasteiger charge is 2.04. The predicted octanol–water partition coefficient (Wildman–Crippen LogP) is 2.72. The number of carboxylic acid groups (broad SMARTS) is 1. The Morgan fingerprint density at radius 3 is 2.77 bits per heavy atom. The second-order valence-electron chi connectivity index (χ2n) is 2.97. The Balaban J connectivity index is 3.11. The van der Waals surface area contributed by atoms with E-state index in [0.717, 1.165) is 18.6 Å². The Morgan fingerprint density at radius 1 is 1.54 bits per heavy atom. The van der Waals surface area contributed by atoms with Gasteiger partial charge in [0.25, 0.3) is 0 Å². The summed E-state index contributed by atoms with van der Waals surface area (Å²) in [6.07, 6.45) is 2.16. The van der Waals surface area contributed by atoms with Gasteiger partial charge in [0.05, 0.1) is 5.75 Å². The standard InChI is InChI=1S/C9H17FO2S/c1-2-4-8(10)5-3-6-13-7-9(11)12/h8H,2-7H2,1H3,(H,11,12). The summed E-state index contributed by atoms with van der Waals surface area (Å²) in [5.41, 5.74) is 0. The van der Waals surface area contributed by atoms with Crippen LogP contribution in [-0.2, 0) is 4.79 Å². The van der Waals surface area contributed by atoms with E-state index in [-0.39, 0.29) is 5.75 Å². The first-order valence-corrected chi connectivity index (χ1v) is 5.76. The Kier molecular flexibility index (Phi) is 8.19. The van der Waals surface area contributed by atoms with Crippen molar-refractivity contribution in [1.82, 2.24) is 0 Å². The van der Waals surface area contributed by atoms with Crippen molar-refractivity contribution in [2.24, 2.45) is 0 Å². The Morgan fingerprint density at radius 2 is 2.23 bits per heavy atom. The zero-order valence-corrected chi connectivity index (χ0v) is 8.78. The molecule has 0 aromatic heterocycles. The lowest BCUT2D eigenvalue weighted by atomic mass is 10.1. The van der Waals surface area contributed by atoms with Crippen LogP contribution in [0.1, 0.15) is 32.6 Å². The van der Waals surface area contributed by atoms with Gasteiger partial charge in [0.2, 0.25) is 0 Å². The van der Waals surface area contributed by atoms with Crippen LogP contribution in [0.2, 0.25) is 0 Å². The van der Waals surface area contributed by atoms with Crippen molar-refractivity contribution in [3.63, 3.8) is 0 Å². The van der Waals surface area contributed by atoms with E-state index in [4.69, 9.17) is 5.11 Å². The number of halogens is 1. The molecule has 0 saturated heterocycles. The number of aliphatic carboxylic acids is 1. The van der Waals surface area contributed by atoms with Crippen LogP contribution >= 0.6 is 11.8 Å². The molecular formula is C9H17FO2S. The molecule has 0 aliphatic heterocycles. The van der Waals surface area contributed by atoms with E-state index >= 15 is 0 Å². The average Bonchev–Trinajstić information content (AvgIpc) is 2.03. The van der Waals surface area contributed by atoms with Crippen LogP contribution in [0.25, 0.3) is 0 Å². The zero-order chi connectivity index (χ0) is 10.1. The topological polar surface area (TPSA) is 37.3 Å². The van der Waals surface area contributed by atoms with Crippen LogP contribution in [0.15, 0.2) is 0 Å². The molecule has 0 aliphatic rings. The third kappa shape index (κ3) is 9.67. The van der Waals surface area contributed by atoms with Gasteiger partial charge in [0.15, 0.2) is 0 Å². The highest BCUT2D eigenvalue weighted by molar-refractivity contribution is 7.99. The summed E-state index contributed by atoms with van der Waals surface area (Å²) in [4.78, 5) is 10.1. The van der Waals surface area contributed by atoms with Gasteiger partial charge in [-0.15, -0.1) is 0 Å². The number of carbonyl (C=O) groups is 1. The molecule has 0 aliphatic carbocycles. The van der Waals surface area contributed by atoms with Gasteiger partial charge in [-0.2, -0.15) is 11.8 Å². The van der Waals surface area contributed by atoms with E-state index in [1.165, 1.54) is 11.8 Å². The van der Waals surface area contributed by atoms with Crippen LogP contribution in [0, 0.1) is 0 Å². The van der Waals surface area contributed by atoms with Gasteiger partial charge >= 0.3 is 5.97 Å². The largest absolute Gasteiger partial charge is 0.481 e. The van der Waals surface area contributed by atoms with Gasteiger partial charge in [0.1, 0.15) is 6.17 Å². The van der Waals surface area contributed by atoms with E-state index < -0.39 is 12.1 Å². The molecule has 4 heteroatoms. The minimum Gasteiger partial charge on any atom is -0.481 e. The molecule has 1 N–H and O–H groups in total. The van der Waals surface area contributed by atoms with Crippen LogP contribution in [0.3, 0.4) is 0 Å². The van der Waals surface area contributed by atoms with Crippen molar-refractivity contribution < 1.29 is 14.3 Å². The molecule has 0 aromatic rings. The summed E-state index contributed by atoms with van der Waals surface area (Å²) in [5.74, 6) is 0.0802. The molecule has 0 saturated carbocycles. The number of alkyl halides is 1. The number of carboxylic acids is 1. The molecule has 1 atom stereocenters. The van der Waals surface area contributed by atoms with E-state index in [0.29, 0.717) is 12.8 Å². The number of rotatable bonds is 8. The fraction of sp³-hybridized carbons (Fsp3) is 0.889. The number of thioether (sulfide) groups is 1. The summed E-state index contributed by atoms with van der Waals surface area (Å²) in [7, 11) is 0. The molecular weight excluding hydrogens is 191 g/mol. The smallest absolute Gasteiger partial charge is 0.313 e. The summed E-state index contributed by atoms with van der Waals surface area (Å²) in [6.45, 7) is 1.96. The molecule has 0 spiro atoms. The lowest BCUT2D eigenvalue weighted by molar-refractivity contribution is -0.133. The monoisotopic (exact) mass is 208 g/mol. The molecule has 0 fully saturated rings. The van der Waals surface area contributed by atoms with Gasteiger partial charge in [-0.05, 0) is 25.0 Å². The minimum absolute atomic E-state index is 0.130. The fourth-order valence-electron chi connectivity index (χ4n) is 1.02. The SMILES string of the molecule is CCCC(F)CCCSCC(=O)O. The van der Waals surface area contributed by atoms with Crippen LogP contribution < -0.4 is 0 Å². The lowest BCUT2D eigenvalue weighted by Crippen LogP contribution is -2.02. The highest BCUT2D eigenvalue weighted by atomic mass is 32.2. The van der Waals surface area contributed by atoms with Crippen molar-refractivity contribution in [2.45, 2.75) is 38.8 Å². The van der Waals surface area contributed by atoms with Crippen molar-refractivity contribution in [2.75, 3.05) is 11.5 Å². The second-order valence-corrected chi connectivity index (χ2v) is 4.08. The van der Waals surface area contributed by atoms with Crippen molar-refractivity contribution in [3.8, 4) is 0 Å². The molecule has 0 rings (SSSR count).